The highest BCUT2D eigenvalue weighted by atomic mass is 19.1. The molecule has 0 aromatic heterocycles. The summed E-state index contributed by atoms with van der Waals surface area (Å²) >= 11 is 0. The van der Waals surface area contributed by atoms with Crippen molar-refractivity contribution in [1.82, 2.24) is 9.80 Å². The lowest BCUT2D eigenvalue weighted by Crippen LogP contribution is -2.56. The quantitative estimate of drug-likeness (QED) is 0.827. The van der Waals surface area contributed by atoms with Gasteiger partial charge in [0.1, 0.15) is 5.82 Å². The smallest absolute Gasteiger partial charge is 0.238 e. The second-order valence-electron chi connectivity index (χ2n) is 5.85. The van der Waals surface area contributed by atoms with Crippen molar-refractivity contribution < 1.29 is 9.18 Å². The van der Waals surface area contributed by atoms with Crippen LogP contribution in [-0.4, -0.2) is 54.5 Å². The van der Waals surface area contributed by atoms with Crippen LogP contribution in [0.5, 0.6) is 0 Å². The van der Waals surface area contributed by atoms with Gasteiger partial charge in [-0.05, 0) is 39.1 Å². The SMILES string of the molecule is CC1CN(CC(=O)Nc2cc(N)ccc2F)CC(C)N1C. The Morgan fingerprint density at radius 3 is 2.62 bits per heavy atom. The molecule has 1 saturated heterocycles. The first-order valence-corrected chi connectivity index (χ1v) is 7.16. The van der Waals surface area contributed by atoms with Crippen molar-refractivity contribution in [3.63, 3.8) is 0 Å². The van der Waals surface area contributed by atoms with Crippen molar-refractivity contribution >= 4 is 17.3 Å². The molecule has 21 heavy (non-hydrogen) atoms. The Labute approximate surface area is 124 Å². The lowest BCUT2D eigenvalue weighted by Gasteiger charge is -2.42. The average Bonchev–Trinajstić information content (AvgIpc) is 2.40. The minimum Gasteiger partial charge on any atom is -0.399 e. The number of nitrogens with one attached hydrogen (secondary N) is 1. The molecule has 2 atom stereocenters. The lowest BCUT2D eigenvalue weighted by molar-refractivity contribution is -0.118. The van der Waals surface area contributed by atoms with Crippen molar-refractivity contribution in [3.8, 4) is 0 Å². The van der Waals surface area contributed by atoms with Crippen LogP contribution < -0.4 is 11.1 Å². The van der Waals surface area contributed by atoms with Crippen molar-refractivity contribution in [2.24, 2.45) is 0 Å². The minimum atomic E-state index is -0.474. The number of anilines is 2. The van der Waals surface area contributed by atoms with Crippen molar-refractivity contribution in [3.05, 3.63) is 24.0 Å². The molecule has 0 spiro atoms. The summed E-state index contributed by atoms with van der Waals surface area (Å²) in [5, 5.41) is 2.59. The summed E-state index contributed by atoms with van der Waals surface area (Å²) in [5.41, 5.74) is 6.16. The number of nitrogens with two attached hydrogens (primary N) is 1. The van der Waals surface area contributed by atoms with E-state index in [9.17, 15) is 9.18 Å². The summed E-state index contributed by atoms with van der Waals surface area (Å²) in [6, 6.07) is 4.94. The van der Waals surface area contributed by atoms with Gasteiger partial charge in [-0.15, -0.1) is 0 Å². The van der Waals surface area contributed by atoms with Crippen LogP contribution in [0, 0.1) is 5.82 Å². The molecule has 1 fully saturated rings. The van der Waals surface area contributed by atoms with E-state index >= 15 is 0 Å². The molecule has 6 heteroatoms. The number of likely N-dealkylation sites (N-methyl/N-ethyl adjacent to an activating group) is 1. The van der Waals surface area contributed by atoms with Gasteiger partial charge in [0, 0.05) is 30.9 Å². The first-order valence-electron chi connectivity index (χ1n) is 7.16. The molecule has 3 N–H and O–H groups in total. The van der Waals surface area contributed by atoms with Crippen molar-refractivity contribution in [2.45, 2.75) is 25.9 Å². The average molecular weight is 294 g/mol. The summed E-state index contributed by atoms with van der Waals surface area (Å²) < 4.78 is 13.6. The van der Waals surface area contributed by atoms with E-state index in [0.29, 0.717) is 17.8 Å². The first kappa shape index (κ1) is 15.7. The molecular weight excluding hydrogens is 271 g/mol. The molecule has 1 heterocycles. The molecule has 1 aromatic carbocycles. The molecule has 2 rings (SSSR count). The number of piperazine rings is 1. The van der Waals surface area contributed by atoms with Gasteiger partial charge in [0.15, 0.2) is 0 Å². The van der Waals surface area contributed by atoms with E-state index in [1.54, 1.807) is 0 Å². The Hall–Kier alpha value is -1.66. The van der Waals surface area contributed by atoms with Gasteiger partial charge in [0.25, 0.3) is 0 Å². The van der Waals surface area contributed by atoms with Crippen molar-refractivity contribution in [2.75, 3.05) is 37.7 Å². The number of nitrogen functional groups attached to an aromatic ring is 1. The largest absolute Gasteiger partial charge is 0.399 e. The third-order valence-electron chi connectivity index (χ3n) is 4.07. The lowest BCUT2D eigenvalue weighted by atomic mass is 10.1. The summed E-state index contributed by atoms with van der Waals surface area (Å²) in [6.45, 7) is 6.19. The minimum absolute atomic E-state index is 0.134. The number of hydrogen-bond donors (Lipinski definition) is 2. The number of amides is 1. The topological polar surface area (TPSA) is 61.6 Å². The number of hydrogen-bond acceptors (Lipinski definition) is 4. The molecule has 1 aliphatic rings. The Morgan fingerprint density at radius 1 is 1.38 bits per heavy atom. The second-order valence-corrected chi connectivity index (χ2v) is 5.85. The van der Waals surface area contributed by atoms with Gasteiger partial charge in [-0.1, -0.05) is 0 Å². The van der Waals surface area contributed by atoms with Gasteiger partial charge in [-0.3, -0.25) is 14.6 Å². The van der Waals surface area contributed by atoms with Crippen LogP contribution in [-0.2, 0) is 4.79 Å². The van der Waals surface area contributed by atoms with Crippen LogP contribution in [0.4, 0.5) is 15.8 Å². The van der Waals surface area contributed by atoms with E-state index in [1.165, 1.54) is 18.2 Å². The number of halogens is 1. The number of carbonyl (C=O) groups excluding carboxylic acids is 1. The van der Waals surface area contributed by atoms with E-state index < -0.39 is 5.82 Å². The molecule has 2 unspecified atom stereocenters. The Balaban J connectivity index is 1.94. The molecular formula is C15H23FN4O. The van der Waals surface area contributed by atoms with Gasteiger partial charge in [0.2, 0.25) is 5.91 Å². The molecule has 0 aliphatic carbocycles. The van der Waals surface area contributed by atoms with E-state index in [2.05, 4.69) is 36.0 Å². The van der Waals surface area contributed by atoms with E-state index in [-0.39, 0.29) is 18.1 Å². The third-order valence-corrected chi connectivity index (χ3v) is 4.07. The fourth-order valence-electron chi connectivity index (χ4n) is 2.67. The Bertz CT molecular complexity index is 510. The number of rotatable bonds is 3. The van der Waals surface area contributed by atoms with E-state index in [1.807, 2.05) is 0 Å². The van der Waals surface area contributed by atoms with Gasteiger partial charge < -0.3 is 11.1 Å². The molecule has 0 bridgehead atoms. The number of carbonyl (C=O) groups is 1. The normalized spacial score (nSPS) is 24.0. The van der Waals surface area contributed by atoms with Crippen LogP contribution in [0.1, 0.15) is 13.8 Å². The summed E-state index contributed by atoms with van der Waals surface area (Å²) in [6.07, 6.45) is 0. The standard InChI is InChI=1S/C15H23FN4O/c1-10-7-20(8-11(2)19(10)3)9-15(21)18-14-6-12(17)4-5-13(14)16/h4-6,10-11H,7-9,17H2,1-3H3,(H,18,21). The molecule has 5 nitrogen and oxygen atoms in total. The molecule has 116 valence electrons. The van der Waals surface area contributed by atoms with Crippen molar-refractivity contribution in [1.29, 1.82) is 0 Å². The maximum atomic E-state index is 13.6. The summed E-state index contributed by atoms with van der Waals surface area (Å²) in [7, 11) is 2.09. The highest BCUT2D eigenvalue weighted by molar-refractivity contribution is 5.92. The third kappa shape index (κ3) is 3.92. The van der Waals surface area contributed by atoms with Gasteiger partial charge in [0.05, 0.1) is 12.2 Å². The van der Waals surface area contributed by atoms with Crippen LogP contribution >= 0.6 is 0 Å². The first-order chi connectivity index (χ1) is 9.86. The summed E-state index contributed by atoms with van der Waals surface area (Å²) in [5.74, 6) is -0.693. The maximum absolute atomic E-state index is 13.6. The van der Waals surface area contributed by atoms with Crippen LogP contribution in [0.25, 0.3) is 0 Å². The molecule has 1 aromatic rings. The Kier molecular flexibility index (Phi) is 4.80. The van der Waals surface area contributed by atoms with Gasteiger partial charge in [-0.2, -0.15) is 0 Å². The second kappa shape index (κ2) is 6.41. The van der Waals surface area contributed by atoms with E-state index in [4.69, 9.17) is 5.73 Å². The highest BCUT2D eigenvalue weighted by Crippen LogP contribution is 2.18. The predicted molar refractivity (Wildman–Crippen MR) is 82.6 cm³/mol. The fourth-order valence-corrected chi connectivity index (χ4v) is 2.67. The summed E-state index contributed by atoms with van der Waals surface area (Å²) in [4.78, 5) is 16.5. The fraction of sp³-hybridized carbons (Fsp3) is 0.533. The van der Waals surface area contributed by atoms with Gasteiger partial charge in [-0.25, -0.2) is 4.39 Å². The van der Waals surface area contributed by atoms with Crippen LogP contribution in [0.3, 0.4) is 0 Å². The molecule has 0 radical (unpaired) electrons. The highest BCUT2D eigenvalue weighted by Gasteiger charge is 2.27. The maximum Gasteiger partial charge on any atom is 0.238 e. The molecule has 1 aliphatic heterocycles. The van der Waals surface area contributed by atoms with E-state index in [0.717, 1.165) is 13.1 Å². The zero-order valence-corrected chi connectivity index (χ0v) is 12.8. The van der Waals surface area contributed by atoms with Crippen LogP contribution in [0.2, 0.25) is 0 Å². The molecule has 0 saturated carbocycles. The zero-order chi connectivity index (χ0) is 15.6. The molecule has 1 amide bonds. The zero-order valence-electron chi connectivity index (χ0n) is 12.8. The predicted octanol–water partition coefficient (Wildman–Crippen LogP) is 1.37. The number of benzene rings is 1. The Morgan fingerprint density at radius 2 is 2.00 bits per heavy atom. The van der Waals surface area contributed by atoms with Crippen LogP contribution in [0.15, 0.2) is 18.2 Å². The number of nitrogens with zero attached hydrogens (tertiary/aromatic N) is 2. The van der Waals surface area contributed by atoms with Gasteiger partial charge >= 0.3 is 0 Å². The monoisotopic (exact) mass is 294 g/mol.